The van der Waals surface area contributed by atoms with Gasteiger partial charge in [0.1, 0.15) is 27.8 Å². The second-order valence-corrected chi connectivity index (χ2v) is 12.5. The zero-order valence-electron chi connectivity index (χ0n) is 21.3. The molecule has 4 aliphatic rings. The van der Waals surface area contributed by atoms with E-state index in [1.54, 1.807) is 24.3 Å². The van der Waals surface area contributed by atoms with Crippen molar-refractivity contribution in [2.45, 2.75) is 9.75 Å². The third kappa shape index (κ3) is 3.79. The van der Waals surface area contributed by atoms with E-state index in [1.165, 1.54) is 0 Å². The van der Waals surface area contributed by atoms with Gasteiger partial charge in [0.25, 0.3) is 0 Å². The summed E-state index contributed by atoms with van der Waals surface area (Å²) < 4.78 is 6.77. The van der Waals surface area contributed by atoms with E-state index in [9.17, 15) is 14.4 Å². The van der Waals surface area contributed by atoms with E-state index < -0.39 is 45.9 Å². The van der Waals surface area contributed by atoms with E-state index in [0.717, 1.165) is 31.6 Å². The van der Waals surface area contributed by atoms with Crippen LogP contribution < -0.4 is 10.1 Å². The number of halogens is 3. The number of hydrogen-bond donors (Lipinski definition) is 1. The van der Waals surface area contributed by atoms with Crippen molar-refractivity contribution >= 4 is 62.5 Å². The average Bonchev–Trinajstić information content (AvgIpc) is 3.24. The molecule has 9 heteroatoms. The summed E-state index contributed by atoms with van der Waals surface area (Å²) in [5.74, 6) is -2.14. The van der Waals surface area contributed by atoms with Crippen LogP contribution in [0.15, 0.2) is 102 Å². The van der Waals surface area contributed by atoms with Crippen molar-refractivity contribution in [1.29, 1.82) is 0 Å². The Morgan fingerprint density at radius 3 is 1.59 bits per heavy atom. The highest BCUT2D eigenvalue weighted by Crippen LogP contribution is 2.69. The molecule has 204 valence electrons. The highest BCUT2D eigenvalue weighted by Gasteiger charge is 2.73. The number of carbonyl (C=O) groups excluding carboxylic acids is 3. The van der Waals surface area contributed by atoms with Crippen LogP contribution >= 0.6 is 39.1 Å². The number of carbonyl (C=O) groups is 3. The van der Waals surface area contributed by atoms with Crippen LogP contribution in [0, 0.1) is 11.8 Å². The summed E-state index contributed by atoms with van der Waals surface area (Å²) in [7, 11) is 0. The average molecular weight is 648 g/mol. The largest absolute Gasteiger partial charge is 0.457 e. The minimum absolute atomic E-state index is 0.450. The summed E-state index contributed by atoms with van der Waals surface area (Å²) in [5, 5.41) is 2.77. The molecule has 1 heterocycles. The van der Waals surface area contributed by atoms with Gasteiger partial charge >= 0.3 is 0 Å². The standard InChI is InChI=1S/C32H21BrCl2N2O4/c33-18-9-13-20(14-10-18)41-21-15-11-19(12-16-21)36-26(38)17-37-29(39)27-28(30(37)40)32(35)23-6-2-1-5-22(23)31(27,34)24-7-3-4-8-25(24)32/h1-16,27-28H,17H2,(H,36,38)/t27-,28-,31?,32?/m0/s1. The smallest absolute Gasteiger partial charge is 0.244 e. The Labute approximate surface area is 254 Å². The van der Waals surface area contributed by atoms with Crippen molar-refractivity contribution in [1.82, 2.24) is 4.90 Å². The normalized spacial score (nSPS) is 25.4. The zero-order chi connectivity index (χ0) is 28.5. The first-order chi connectivity index (χ1) is 19.7. The first kappa shape index (κ1) is 26.3. The lowest BCUT2D eigenvalue weighted by Gasteiger charge is -2.54. The van der Waals surface area contributed by atoms with E-state index in [0.29, 0.717) is 17.2 Å². The van der Waals surface area contributed by atoms with Crippen LogP contribution in [0.5, 0.6) is 11.5 Å². The predicted molar refractivity (Wildman–Crippen MR) is 159 cm³/mol. The van der Waals surface area contributed by atoms with Crippen LogP contribution in [0.4, 0.5) is 5.69 Å². The van der Waals surface area contributed by atoms with Gasteiger partial charge in [0.2, 0.25) is 17.7 Å². The van der Waals surface area contributed by atoms with Gasteiger partial charge in [-0.05, 0) is 70.8 Å². The lowest BCUT2D eigenvalue weighted by molar-refractivity contribution is -0.142. The maximum absolute atomic E-state index is 13.9. The lowest BCUT2D eigenvalue weighted by atomic mass is 9.54. The summed E-state index contributed by atoms with van der Waals surface area (Å²) in [5.41, 5.74) is 3.37. The molecule has 6 nitrogen and oxygen atoms in total. The van der Waals surface area contributed by atoms with E-state index >= 15 is 0 Å². The molecule has 0 saturated carbocycles. The van der Waals surface area contributed by atoms with Crippen molar-refractivity contribution in [3.05, 3.63) is 124 Å². The molecule has 4 aromatic carbocycles. The predicted octanol–water partition coefficient (Wildman–Crippen LogP) is 6.77. The number of alkyl halides is 2. The highest BCUT2D eigenvalue weighted by molar-refractivity contribution is 9.10. The van der Waals surface area contributed by atoms with Gasteiger partial charge in [0.05, 0.1) is 11.8 Å². The molecule has 0 spiro atoms. The van der Waals surface area contributed by atoms with Crippen LogP contribution in [0.2, 0.25) is 0 Å². The Bertz CT molecular complexity index is 1620. The number of imide groups is 1. The van der Waals surface area contributed by atoms with Crippen molar-refractivity contribution in [2.24, 2.45) is 11.8 Å². The van der Waals surface area contributed by atoms with Gasteiger partial charge in [0, 0.05) is 10.2 Å². The third-order valence-electron chi connectivity index (χ3n) is 8.17. The fourth-order valence-electron chi connectivity index (χ4n) is 6.47. The Morgan fingerprint density at radius 1 is 0.732 bits per heavy atom. The summed E-state index contributed by atoms with van der Waals surface area (Å²) in [6.45, 7) is -0.450. The topological polar surface area (TPSA) is 75.7 Å². The van der Waals surface area contributed by atoms with E-state index in [1.807, 2.05) is 72.8 Å². The lowest BCUT2D eigenvalue weighted by Crippen LogP contribution is -2.57. The van der Waals surface area contributed by atoms with Gasteiger partial charge in [0.15, 0.2) is 0 Å². The molecule has 2 atom stereocenters. The molecular formula is C32H21BrCl2N2O4. The zero-order valence-corrected chi connectivity index (χ0v) is 24.4. The Kier molecular flexibility index (Phi) is 6.05. The van der Waals surface area contributed by atoms with Gasteiger partial charge in [-0.3, -0.25) is 19.3 Å². The molecule has 3 amide bonds. The van der Waals surface area contributed by atoms with E-state index in [-0.39, 0.29) is 0 Å². The SMILES string of the molecule is O=C(CN1C(=O)[C@@H]2[C@@H](C1=O)C1(Cl)c3ccccc3C2(Cl)c2ccccc21)Nc1ccc(Oc2ccc(Br)cc2)cc1. The number of hydrogen-bond acceptors (Lipinski definition) is 4. The highest BCUT2D eigenvalue weighted by atomic mass is 79.9. The molecule has 0 aromatic heterocycles. The third-order valence-corrected chi connectivity index (χ3v) is 9.98. The molecule has 4 aromatic rings. The van der Waals surface area contributed by atoms with Crippen LogP contribution in [0.25, 0.3) is 0 Å². The molecule has 41 heavy (non-hydrogen) atoms. The number of benzene rings is 4. The van der Waals surface area contributed by atoms with Crippen LogP contribution in [-0.2, 0) is 24.1 Å². The maximum atomic E-state index is 13.9. The first-order valence-electron chi connectivity index (χ1n) is 13.0. The van der Waals surface area contributed by atoms with Gasteiger partial charge < -0.3 is 10.1 Å². The summed E-state index contributed by atoms with van der Waals surface area (Å²) in [6.07, 6.45) is 0. The second-order valence-electron chi connectivity index (χ2n) is 10.4. The first-order valence-corrected chi connectivity index (χ1v) is 14.5. The summed E-state index contributed by atoms with van der Waals surface area (Å²) >= 11 is 18.2. The number of anilines is 1. The van der Waals surface area contributed by atoms with Gasteiger partial charge in [-0.25, -0.2) is 0 Å². The van der Waals surface area contributed by atoms with Gasteiger partial charge in [-0.2, -0.15) is 0 Å². The summed E-state index contributed by atoms with van der Waals surface area (Å²) in [6, 6.07) is 29.1. The van der Waals surface area contributed by atoms with Crippen molar-refractivity contribution < 1.29 is 19.1 Å². The molecule has 1 N–H and O–H groups in total. The van der Waals surface area contributed by atoms with Crippen LogP contribution in [-0.4, -0.2) is 29.2 Å². The Hall–Kier alpha value is -3.65. The quantitative estimate of drug-likeness (QED) is 0.192. The fraction of sp³-hybridized carbons (Fsp3) is 0.156. The number of nitrogens with zero attached hydrogens (tertiary/aromatic N) is 1. The fourth-order valence-corrected chi connectivity index (χ4v) is 7.83. The number of amides is 3. The van der Waals surface area contributed by atoms with E-state index in [4.69, 9.17) is 27.9 Å². The summed E-state index contributed by atoms with van der Waals surface area (Å²) in [4.78, 5) is 39.3. The molecule has 0 radical (unpaired) electrons. The molecule has 1 fully saturated rings. The molecule has 0 unspecified atom stereocenters. The molecule has 1 saturated heterocycles. The molecule has 8 rings (SSSR count). The van der Waals surface area contributed by atoms with Crippen LogP contribution in [0.3, 0.4) is 0 Å². The number of likely N-dealkylation sites (tertiary alicyclic amines) is 1. The van der Waals surface area contributed by atoms with Gasteiger partial charge in [-0.1, -0.05) is 64.5 Å². The van der Waals surface area contributed by atoms with Crippen molar-refractivity contribution in [3.8, 4) is 11.5 Å². The number of nitrogens with one attached hydrogen (secondary N) is 1. The number of ether oxygens (including phenoxy) is 1. The molecule has 3 aliphatic carbocycles. The number of rotatable bonds is 5. The minimum atomic E-state index is -1.28. The Balaban J connectivity index is 1.14. The van der Waals surface area contributed by atoms with Crippen molar-refractivity contribution in [2.75, 3.05) is 11.9 Å². The molecule has 1 aliphatic heterocycles. The maximum Gasteiger partial charge on any atom is 0.244 e. The monoisotopic (exact) mass is 646 g/mol. The van der Waals surface area contributed by atoms with E-state index in [2.05, 4.69) is 21.2 Å². The van der Waals surface area contributed by atoms with Gasteiger partial charge in [-0.15, -0.1) is 23.2 Å². The van der Waals surface area contributed by atoms with Crippen LogP contribution in [0.1, 0.15) is 22.3 Å². The molecular weight excluding hydrogens is 627 g/mol. The Morgan fingerprint density at radius 2 is 1.15 bits per heavy atom. The van der Waals surface area contributed by atoms with Crippen molar-refractivity contribution in [3.63, 3.8) is 0 Å². The minimum Gasteiger partial charge on any atom is -0.457 e. The molecule has 2 bridgehead atoms. The second kappa shape index (κ2) is 9.44.